The molecule has 0 atom stereocenters. The maximum atomic E-state index is 6.38. The first-order valence-corrected chi connectivity index (χ1v) is 10.8. The lowest BCUT2D eigenvalue weighted by Gasteiger charge is -2.12. The molecular formula is C24H38O. The number of fused-ring (bicyclic) bond motifs is 1. The molecule has 0 aliphatic rings. The van der Waals surface area contributed by atoms with Gasteiger partial charge in [0.2, 0.25) is 0 Å². The van der Waals surface area contributed by atoms with E-state index < -0.39 is 0 Å². The van der Waals surface area contributed by atoms with Gasteiger partial charge in [-0.1, -0.05) is 59.4 Å². The summed E-state index contributed by atoms with van der Waals surface area (Å²) in [6.45, 7) is 9.14. The fourth-order valence-electron chi connectivity index (χ4n) is 3.82. The second-order valence-corrected chi connectivity index (χ2v) is 7.49. The van der Waals surface area contributed by atoms with Gasteiger partial charge in [-0.3, -0.25) is 0 Å². The van der Waals surface area contributed by atoms with Crippen LogP contribution in [-0.4, -0.2) is 0 Å². The van der Waals surface area contributed by atoms with Gasteiger partial charge < -0.3 is 4.42 Å². The average molecular weight is 343 g/mol. The largest absolute Gasteiger partial charge is 0.461 e. The lowest BCUT2D eigenvalue weighted by molar-refractivity contribution is 0.528. The number of aryl methyl sites for hydroxylation is 4. The lowest BCUT2D eigenvalue weighted by atomic mass is 9.91. The van der Waals surface area contributed by atoms with Crippen molar-refractivity contribution >= 4 is 11.0 Å². The molecule has 0 N–H and O–H groups in total. The summed E-state index contributed by atoms with van der Waals surface area (Å²) in [7, 11) is 0. The van der Waals surface area contributed by atoms with Crippen molar-refractivity contribution in [3.63, 3.8) is 0 Å². The summed E-state index contributed by atoms with van der Waals surface area (Å²) in [5, 5.41) is 1.49. The first-order chi connectivity index (χ1) is 12.3. The Bertz CT molecular complexity index is 629. The van der Waals surface area contributed by atoms with E-state index in [4.69, 9.17) is 4.42 Å². The Morgan fingerprint density at radius 3 is 1.84 bits per heavy atom. The lowest BCUT2D eigenvalue weighted by Crippen LogP contribution is -1.99. The quantitative estimate of drug-likeness (QED) is 0.383. The van der Waals surface area contributed by atoms with Crippen LogP contribution < -0.4 is 0 Å². The highest BCUT2D eigenvalue weighted by Crippen LogP contribution is 2.34. The fraction of sp³-hybridized carbons (Fsp3) is 0.667. The Balaban J connectivity index is 2.53. The van der Waals surface area contributed by atoms with Gasteiger partial charge in [0.05, 0.1) is 0 Å². The van der Waals surface area contributed by atoms with E-state index in [-0.39, 0.29) is 0 Å². The van der Waals surface area contributed by atoms with Gasteiger partial charge in [0.15, 0.2) is 0 Å². The topological polar surface area (TPSA) is 13.1 Å². The molecule has 1 heteroatoms. The Morgan fingerprint density at radius 2 is 1.20 bits per heavy atom. The number of hydrogen-bond donors (Lipinski definition) is 0. The summed E-state index contributed by atoms with van der Waals surface area (Å²) in [6, 6.07) is 4.60. The van der Waals surface area contributed by atoms with Crippen molar-refractivity contribution < 1.29 is 4.42 Å². The zero-order valence-electron chi connectivity index (χ0n) is 17.0. The Labute approximate surface area is 155 Å². The van der Waals surface area contributed by atoms with E-state index in [1.54, 1.807) is 11.1 Å². The summed E-state index contributed by atoms with van der Waals surface area (Å²) in [4.78, 5) is 0. The molecule has 25 heavy (non-hydrogen) atoms. The number of rotatable bonds is 12. The zero-order valence-corrected chi connectivity index (χ0v) is 17.0. The van der Waals surface area contributed by atoms with Crippen LogP contribution in [0.4, 0.5) is 0 Å². The molecule has 1 heterocycles. The highest BCUT2D eigenvalue weighted by Gasteiger charge is 2.18. The van der Waals surface area contributed by atoms with E-state index in [1.807, 2.05) is 0 Å². The van der Waals surface area contributed by atoms with Crippen molar-refractivity contribution in [2.24, 2.45) is 0 Å². The first-order valence-electron chi connectivity index (χ1n) is 10.8. The maximum absolute atomic E-state index is 6.38. The van der Waals surface area contributed by atoms with Gasteiger partial charge >= 0.3 is 0 Å². The Kier molecular flexibility index (Phi) is 8.58. The number of benzene rings is 1. The third kappa shape index (κ3) is 5.12. The fourth-order valence-corrected chi connectivity index (χ4v) is 3.82. The van der Waals surface area contributed by atoms with Crippen LogP contribution in [0.3, 0.4) is 0 Å². The van der Waals surface area contributed by atoms with E-state index in [0.717, 1.165) is 12.0 Å². The highest BCUT2D eigenvalue weighted by molar-refractivity contribution is 5.87. The molecule has 140 valence electrons. The minimum atomic E-state index is 1.10. The summed E-state index contributed by atoms with van der Waals surface area (Å²) in [5.74, 6) is 1.27. The molecule has 1 aromatic carbocycles. The van der Waals surface area contributed by atoms with Crippen molar-refractivity contribution in [2.75, 3.05) is 0 Å². The van der Waals surface area contributed by atoms with Crippen molar-refractivity contribution in [1.29, 1.82) is 0 Å². The molecule has 0 aliphatic heterocycles. The first kappa shape index (κ1) is 20.1. The van der Waals surface area contributed by atoms with Crippen LogP contribution in [-0.2, 0) is 25.7 Å². The second-order valence-electron chi connectivity index (χ2n) is 7.49. The van der Waals surface area contributed by atoms with Gasteiger partial charge in [-0.2, -0.15) is 0 Å². The summed E-state index contributed by atoms with van der Waals surface area (Å²) >= 11 is 0. The van der Waals surface area contributed by atoms with Gasteiger partial charge in [0, 0.05) is 17.4 Å². The minimum Gasteiger partial charge on any atom is -0.461 e. The van der Waals surface area contributed by atoms with Gasteiger partial charge in [-0.05, 0) is 62.1 Å². The summed E-state index contributed by atoms with van der Waals surface area (Å²) in [5.41, 5.74) is 5.85. The molecule has 0 bridgehead atoms. The van der Waals surface area contributed by atoms with Crippen molar-refractivity contribution in [3.8, 4) is 0 Å². The van der Waals surface area contributed by atoms with E-state index in [0.29, 0.717) is 0 Å². The predicted molar refractivity (Wildman–Crippen MR) is 111 cm³/mol. The Morgan fingerprint density at radius 1 is 0.640 bits per heavy atom. The normalized spacial score (nSPS) is 11.5. The third-order valence-corrected chi connectivity index (χ3v) is 5.36. The molecule has 0 saturated heterocycles. The molecule has 0 amide bonds. The van der Waals surface area contributed by atoms with Crippen LogP contribution in [0.15, 0.2) is 16.5 Å². The standard InChI is InChI=1S/C24H38O/c1-5-9-13-19-17-18-23-24(20(19)14-10-6-2)21(15-11-7-3)22(25-23)16-12-8-4/h17-18H,5-16H2,1-4H3. The monoisotopic (exact) mass is 342 g/mol. The van der Waals surface area contributed by atoms with E-state index in [1.165, 1.54) is 87.3 Å². The van der Waals surface area contributed by atoms with E-state index in [9.17, 15) is 0 Å². The van der Waals surface area contributed by atoms with Gasteiger partial charge in [0.1, 0.15) is 11.3 Å². The molecule has 2 rings (SSSR count). The molecule has 0 aliphatic carbocycles. The van der Waals surface area contributed by atoms with Gasteiger partial charge in [-0.15, -0.1) is 0 Å². The van der Waals surface area contributed by atoms with Crippen LogP contribution in [0.2, 0.25) is 0 Å². The van der Waals surface area contributed by atoms with Crippen molar-refractivity contribution in [1.82, 2.24) is 0 Å². The van der Waals surface area contributed by atoms with Crippen molar-refractivity contribution in [2.45, 2.75) is 105 Å². The van der Waals surface area contributed by atoms with Gasteiger partial charge in [-0.25, -0.2) is 0 Å². The van der Waals surface area contributed by atoms with Crippen LogP contribution in [0.25, 0.3) is 11.0 Å². The minimum absolute atomic E-state index is 1.10. The molecule has 0 unspecified atom stereocenters. The van der Waals surface area contributed by atoms with E-state index in [2.05, 4.69) is 39.8 Å². The molecule has 0 saturated carbocycles. The van der Waals surface area contributed by atoms with E-state index >= 15 is 0 Å². The maximum Gasteiger partial charge on any atom is 0.134 e. The smallest absolute Gasteiger partial charge is 0.134 e. The van der Waals surface area contributed by atoms with Crippen LogP contribution in [0.1, 0.15) is 102 Å². The molecule has 0 radical (unpaired) electrons. The third-order valence-electron chi connectivity index (χ3n) is 5.36. The number of furan rings is 1. The zero-order chi connectivity index (χ0) is 18.1. The second kappa shape index (κ2) is 10.7. The number of unbranched alkanes of at least 4 members (excludes halogenated alkanes) is 4. The summed E-state index contributed by atoms with van der Waals surface area (Å²) in [6.07, 6.45) is 14.8. The molecular weight excluding hydrogens is 304 g/mol. The predicted octanol–water partition coefficient (Wildman–Crippen LogP) is 7.80. The molecule has 0 spiro atoms. The average Bonchev–Trinajstić information content (AvgIpc) is 2.99. The van der Waals surface area contributed by atoms with Crippen LogP contribution in [0.5, 0.6) is 0 Å². The molecule has 1 aromatic heterocycles. The van der Waals surface area contributed by atoms with Gasteiger partial charge in [0.25, 0.3) is 0 Å². The van der Waals surface area contributed by atoms with Crippen LogP contribution >= 0.6 is 0 Å². The SMILES string of the molecule is CCCCc1ccc2oc(CCCC)c(CCCC)c2c1CCCC. The summed E-state index contributed by atoms with van der Waals surface area (Å²) < 4.78 is 6.38. The number of hydrogen-bond acceptors (Lipinski definition) is 1. The van der Waals surface area contributed by atoms with Crippen LogP contribution in [0, 0.1) is 0 Å². The Hall–Kier alpha value is -1.24. The van der Waals surface area contributed by atoms with Crippen molar-refractivity contribution in [3.05, 3.63) is 34.6 Å². The molecule has 0 fully saturated rings. The molecule has 1 nitrogen and oxygen atoms in total. The molecule has 2 aromatic rings. The highest BCUT2D eigenvalue weighted by atomic mass is 16.3.